The summed E-state index contributed by atoms with van der Waals surface area (Å²) in [7, 11) is 0. The van der Waals surface area contributed by atoms with Crippen LogP contribution in [-0.4, -0.2) is 6.04 Å². The molecule has 0 spiro atoms. The molecule has 15 heavy (non-hydrogen) atoms. The fourth-order valence-corrected chi connectivity index (χ4v) is 2.14. The van der Waals surface area contributed by atoms with Gasteiger partial charge in [-0.05, 0) is 47.0 Å². The Bertz CT molecular complexity index is 327. The van der Waals surface area contributed by atoms with Gasteiger partial charge in [0.05, 0.1) is 0 Å². The Morgan fingerprint density at radius 2 is 2.07 bits per heavy atom. The van der Waals surface area contributed by atoms with Crippen LogP contribution in [0, 0.1) is 5.92 Å². The summed E-state index contributed by atoms with van der Waals surface area (Å²) in [4.78, 5) is 0. The van der Waals surface area contributed by atoms with Crippen molar-refractivity contribution in [1.82, 2.24) is 0 Å². The Labute approximate surface area is 105 Å². The van der Waals surface area contributed by atoms with Gasteiger partial charge in [-0.15, -0.1) is 0 Å². The molecule has 84 valence electrons. The first kappa shape index (κ1) is 12.9. The van der Waals surface area contributed by atoms with Crippen molar-refractivity contribution in [1.29, 1.82) is 0 Å². The van der Waals surface area contributed by atoms with Gasteiger partial charge >= 0.3 is 0 Å². The smallest absolute Gasteiger partial charge is 0.0487 e. The van der Waals surface area contributed by atoms with Crippen LogP contribution in [0.25, 0.3) is 0 Å². The van der Waals surface area contributed by atoms with E-state index in [1.54, 1.807) is 0 Å². The lowest BCUT2D eigenvalue weighted by Crippen LogP contribution is -2.23. The van der Waals surface area contributed by atoms with Gasteiger partial charge in [0.2, 0.25) is 0 Å². The monoisotopic (exact) mass is 289 g/mol. The summed E-state index contributed by atoms with van der Waals surface area (Å²) in [5, 5.41) is 4.24. The largest absolute Gasteiger partial charge is 0.381 e. The Kier molecular flexibility index (Phi) is 4.94. The molecule has 0 bridgehead atoms. The van der Waals surface area contributed by atoms with Gasteiger partial charge < -0.3 is 5.32 Å². The first-order valence-electron chi connectivity index (χ1n) is 5.26. The van der Waals surface area contributed by atoms with E-state index in [1.807, 2.05) is 18.2 Å². The van der Waals surface area contributed by atoms with Crippen molar-refractivity contribution in [2.24, 2.45) is 5.92 Å². The quantitative estimate of drug-likeness (QED) is 0.827. The number of rotatable bonds is 4. The first-order valence-corrected chi connectivity index (χ1v) is 6.43. The Balaban J connectivity index is 2.72. The fourth-order valence-electron chi connectivity index (χ4n) is 1.35. The van der Waals surface area contributed by atoms with Crippen LogP contribution in [-0.2, 0) is 0 Å². The van der Waals surface area contributed by atoms with Gasteiger partial charge in [-0.1, -0.05) is 31.9 Å². The molecule has 0 aromatic heterocycles. The van der Waals surface area contributed by atoms with Crippen LogP contribution in [0.5, 0.6) is 0 Å². The van der Waals surface area contributed by atoms with E-state index in [9.17, 15) is 0 Å². The van der Waals surface area contributed by atoms with Crippen molar-refractivity contribution >= 4 is 33.2 Å². The first-order chi connectivity index (χ1) is 7.04. The van der Waals surface area contributed by atoms with Crippen molar-refractivity contribution in [2.75, 3.05) is 5.32 Å². The molecule has 0 aliphatic rings. The molecular formula is C12H17BrClN. The van der Waals surface area contributed by atoms with Crippen molar-refractivity contribution in [3.63, 3.8) is 0 Å². The number of nitrogens with one attached hydrogen (secondary N) is 1. The topological polar surface area (TPSA) is 12.0 Å². The van der Waals surface area contributed by atoms with Crippen molar-refractivity contribution < 1.29 is 0 Å². The molecule has 0 radical (unpaired) electrons. The lowest BCUT2D eigenvalue weighted by Gasteiger charge is -2.21. The van der Waals surface area contributed by atoms with Crippen LogP contribution in [0.4, 0.5) is 5.69 Å². The Morgan fingerprint density at radius 1 is 1.40 bits per heavy atom. The number of hydrogen-bond acceptors (Lipinski definition) is 1. The second-order valence-electron chi connectivity index (χ2n) is 3.94. The van der Waals surface area contributed by atoms with Crippen LogP contribution in [0.15, 0.2) is 22.7 Å². The van der Waals surface area contributed by atoms with Crippen LogP contribution in [0.1, 0.15) is 27.2 Å². The second kappa shape index (κ2) is 5.76. The standard InChI is InChI=1S/C12H17BrClN/c1-4-8(2)9(3)15-12-6-5-10(14)7-11(12)13/h5-9,15H,4H2,1-3H3. The molecule has 1 N–H and O–H groups in total. The summed E-state index contributed by atoms with van der Waals surface area (Å²) in [6.45, 7) is 6.66. The summed E-state index contributed by atoms with van der Waals surface area (Å²) >= 11 is 9.39. The number of anilines is 1. The Morgan fingerprint density at radius 3 is 2.60 bits per heavy atom. The molecular weight excluding hydrogens is 273 g/mol. The predicted molar refractivity (Wildman–Crippen MR) is 71.7 cm³/mol. The molecule has 2 atom stereocenters. The third kappa shape index (κ3) is 3.69. The molecule has 1 aromatic rings. The number of halogens is 2. The van der Waals surface area contributed by atoms with Gasteiger partial charge in [-0.3, -0.25) is 0 Å². The minimum atomic E-state index is 0.465. The van der Waals surface area contributed by atoms with Gasteiger partial charge in [-0.2, -0.15) is 0 Å². The second-order valence-corrected chi connectivity index (χ2v) is 5.23. The number of benzene rings is 1. The highest BCUT2D eigenvalue weighted by atomic mass is 79.9. The predicted octanol–water partition coefficient (Wildman–Crippen LogP) is 4.95. The van der Waals surface area contributed by atoms with Gasteiger partial charge in [-0.25, -0.2) is 0 Å². The van der Waals surface area contributed by atoms with Crippen molar-refractivity contribution in [3.05, 3.63) is 27.7 Å². The van der Waals surface area contributed by atoms with E-state index >= 15 is 0 Å². The van der Waals surface area contributed by atoms with Gasteiger partial charge in [0, 0.05) is 21.2 Å². The minimum Gasteiger partial charge on any atom is -0.381 e. The molecule has 0 heterocycles. The van der Waals surface area contributed by atoms with E-state index in [4.69, 9.17) is 11.6 Å². The maximum Gasteiger partial charge on any atom is 0.0487 e. The molecule has 0 amide bonds. The molecule has 0 saturated carbocycles. The molecule has 0 saturated heterocycles. The lowest BCUT2D eigenvalue weighted by atomic mass is 10.0. The molecule has 0 aliphatic heterocycles. The third-order valence-corrected chi connectivity index (χ3v) is 3.70. The Hall–Kier alpha value is -0.210. The van der Waals surface area contributed by atoms with Crippen LogP contribution in [0.2, 0.25) is 5.02 Å². The zero-order valence-electron chi connectivity index (χ0n) is 9.35. The molecule has 2 unspecified atom stereocenters. The van der Waals surface area contributed by atoms with Crippen LogP contribution < -0.4 is 5.32 Å². The highest BCUT2D eigenvalue weighted by Gasteiger charge is 2.11. The maximum absolute atomic E-state index is 5.89. The maximum atomic E-state index is 5.89. The van der Waals surface area contributed by atoms with E-state index in [-0.39, 0.29) is 0 Å². The van der Waals surface area contributed by atoms with Gasteiger partial charge in [0.25, 0.3) is 0 Å². The highest BCUT2D eigenvalue weighted by Crippen LogP contribution is 2.27. The van der Waals surface area contributed by atoms with Gasteiger partial charge in [0.1, 0.15) is 0 Å². The van der Waals surface area contributed by atoms with Gasteiger partial charge in [0.15, 0.2) is 0 Å². The third-order valence-electron chi connectivity index (χ3n) is 2.81. The fraction of sp³-hybridized carbons (Fsp3) is 0.500. The summed E-state index contributed by atoms with van der Waals surface area (Å²) in [6.07, 6.45) is 1.18. The summed E-state index contributed by atoms with van der Waals surface area (Å²) in [6, 6.07) is 6.28. The average Bonchev–Trinajstić information content (AvgIpc) is 2.20. The molecule has 1 rings (SSSR count). The zero-order valence-corrected chi connectivity index (χ0v) is 11.7. The van der Waals surface area contributed by atoms with E-state index < -0.39 is 0 Å². The van der Waals surface area contributed by atoms with E-state index in [0.717, 1.165) is 15.2 Å². The lowest BCUT2D eigenvalue weighted by molar-refractivity contribution is 0.494. The normalized spacial score (nSPS) is 14.7. The molecule has 1 aromatic carbocycles. The van der Waals surface area contributed by atoms with Crippen LogP contribution in [0.3, 0.4) is 0 Å². The van der Waals surface area contributed by atoms with E-state index in [0.29, 0.717) is 12.0 Å². The molecule has 0 aliphatic carbocycles. The summed E-state index contributed by atoms with van der Waals surface area (Å²) < 4.78 is 1.02. The number of hydrogen-bond donors (Lipinski definition) is 1. The summed E-state index contributed by atoms with van der Waals surface area (Å²) in [5.74, 6) is 0.660. The van der Waals surface area contributed by atoms with Crippen LogP contribution >= 0.6 is 27.5 Å². The average molecular weight is 291 g/mol. The minimum absolute atomic E-state index is 0.465. The SMILES string of the molecule is CCC(C)C(C)Nc1ccc(Cl)cc1Br. The molecule has 0 fully saturated rings. The summed E-state index contributed by atoms with van der Waals surface area (Å²) in [5.41, 5.74) is 1.10. The molecule has 1 nitrogen and oxygen atoms in total. The zero-order chi connectivity index (χ0) is 11.4. The van der Waals surface area contributed by atoms with Crippen molar-refractivity contribution in [3.8, 4) is 0 Å². The molecule has 3 heteroatoms. The highest BCUT2D eigenvalue weighted by molar-refractivity contribution is 9.10. The van der Waals surface area contributed by atoms with E-state index in [1.165, 1.54) is 6.42 Å². The van der Waals surface area contributed by atoms with E-state index in [2.05, 4.69) is 42.0 Å². The van der Waals surface area contributed by atoms with Crippen molar-refractivity contribution in [2.45, 2.75) is 33.2 Å².